The first-order valence-corrected chi connectivity index (χ1v) is 10.1. The predicted molar refractivity (Wildman–Crippen MR) is 100 cm³/mol. The number of amides is 1. The standard InChI is InChI=1S/C17H20N4O5S/c1-9-7-13(26-27(2,24)25)14-12(22)5-3-4-6-21-11(8-10(9)15(14)21)16(23)20-17(18)19/h7-8H,3-6H2,1-2H3,(H4,18,19,20,23). The highest BCUT2D eigenvalue weighted by molar-refractivity contribution is 7.86. The summed E-state index contributed by atoms with van der Waals surface area (Å²) in [7, 11) is -3.84. The predicted octanol–water partition coefficient (Wildman–Crippen LogP) is 1.07. The highest BCUT2D eigenvalue weighted by Gasteiger charge is 2.27. The van der Waals surface area contributed by atoms with Crippen LogP contribution in [0.1, 0.15) is 45.7 Å². The molecule has 1 amide bonds. The van der Waals surface area contributed by atoms with Gasteiger partial charge in [0.1, 0.15) is 5.69 Å². The Bertz CT molecular complexity index is 1090. The van der Waals surface area contributed by atoms with Crippen molar-refractivity contribution in [1.29, 1.82) is 0 Å². The third-order valence-electron chi connectivity index (χ3n) is 4.36. The van der Waals surface area contributed by atoms with Gasteiger partial charge < -0.3 is 20.2 Å². The Kier molecular flexibility index (Phi) is 4.68. The van der Waals surface area contributed by atoms with E-state index in [1.807, 2.05) is 0 Å². The molecule has 0 radical (unpaired) electrons. The number of carbonyl (C=O) groups excluding carboxylic acids is 2. The number of Topliss-reactive ketones (excluding diaryl/α,β-unsaturated/α-hetero) is 1. The highest BCUT2D eigenvalue weighted by Crippen LogP contribution is 2.37. The zero-order valence-corrected chi connectivity index (χ0v) is 15.8. The van der Waals surface area contributed by atoms with Crippen molar-refractivity contribution >= 4 is 38.7 Å². The fourth-order valence-corrected chi connectivity index (χ4v) is 3.80. The SMILES string of the molecule is Cc1cc(OS(C)(=O)=O)c2c3c1cc(C(=O)N=C(N)N)n3CCCCC2=O. The van der Waals surface area contributed by atoms with Gasteiger partial charge in [-0.1, -0.05) is 0 Å². The average molecular weight is 392 g/mol. The number of hydrogen-bond donors (Lipinski definition) is 2. The lowest BCUT2D eigenvalue weighted by atomic mass is 9.98. The van der Waals surface area contributed by atoms with E-state index >= 15 is 0 Å². The number of benzene rings is 1. The van der Waals surface area contributed by atoms with Crippen LogP contribution in [-0.4, -0.2) is 36.9 Å². The molecule has 1 aromatic carbocycles. The molecule has 27 heavy (non-hydrogen) atoms. The minimum atomic E-state index is -3.84. The number of nitrogens with two attached hydrogens (primary N) is 2. The maximum atomic E-state index is 12.8. The van der Waals surface area contributed by atoms with Gasteiger partial charge in [0, 0.05) is 18.4 Å². The summed E-state index contributed by atoms with van der Waals surface area (Å²) in [5, 5.41) is 0.648. The highest BCUT2D eigenvalue weighted by atomic mass is 32.2. The summed E-state index contributed by atoms with van der Waals surface area (Å²) >= 11 is 0. The first-order chi connectivity index (χ1) is 12.6. The molecule has 9 nitrogen and oxygen atoms in total. The minimum Gasteiger partial charge on any atom is -0.382 e. The lowest BCUT2D eigenvalue weighted by Gasteiger charge is -2.18. The Hall–Kier alpha value is -2.88. The van der Waals surface area contributed by atoms with Crippen molar-refractivity contribution in [3.05, 3.63) is 29.0 Å². The Morgan fingerprint density at radius 2 is 1.96 bits per heavy atom. The molecule has 0 atom stereocenters. The normalized spacial score (nSPS) is 14.5. The first-order valence-electron chi connectivity index (χ1n) is 8.32. The molecular formula is C17H20N4O5S. The quantitative estimate of drug-likeness (QED) is 0.451. The molecule has 0 aliphatic carbocycles. The Labute approximate surface area is 156 Å². The Morgan fingerprint density at radius 3 is 2.59 bits per heavy atom. The summed E-state index contributed by atoms with van der Waals surface area (Å²) in [5.41, 5.74) is 12.2. The van der Waals surface area contributed by atoms with Crippen LogP contribution in [0.2, 0.25) is 0 Å². The molecule has 2 aromatic rings. The van der Waals surface area contributed by atoms with E-state index < -0.39 is 16.0 Å². The van der Waals surface area contributed by atoms with Gasteiger partial charge in [0.25, 0.3) is 5.91 Å². The molecule has 0 saturated carbocycles. The monoisotopic (exact) mass is 392 g/mol. The molecule has 0 fully saturated rings. The summed E-state index contributed by atoms with van der Waals surface area (Å²) in [6, 6.07) is 3.11. The number of aliphatic imine (C=N–C) groups is 1. The Morgan fingerprint density at radius 1 is 1.26 bits per heavy atom. The van der Waals surface area contributed by atoms with Crippen molar-refractivity contribution in [2.75, 3.05) is 6.26 Å². The second kappa shape index (κ2) is 6.69. The fourth-order valence-electron chi connectivity index (χ4n) is 3.35. The maximum Gasteiger partial charge on any atom is 0.306 e. The van der Waals surface area contributed by atoms with Gasteiger partial charge in [0.15, 0.2) is 17.5 Å². The number of nitrogens with zero attached hydrogens (tertiary/aromatic N) is 2. The van der Waals surface area contributed by atoms with Crippen LogP contribution in [0.5, 0.6) is 5.75 Å². The van der Waals surface area contributed by atoms with E-state index in [2.05, 4.69) is 4.99 Å². The molecule has 10 heteroatoms. The molecule has 0 bridgehead atoms. The van der Waals surface area contributed by atoms with Crippen LogP contribution in [-0.2, 0) is 16.7 Å². The average Bonchev–Trinajstić information content (AvgIpc) is 2.87. The molecular weight excluding hydrogens is 372 g/mol. The Balaban J connectivity index is 2.40. The molecule has 1 aliphatic heterocycles. The van der Waals surface area contributed by atoms with E-state index in [0.29, 0.717) is 35.9 Å². The van der Waals surface area contributed by atoms with Crippen LogP contribution in [0, 0.1) is 6.92 Å². The number of guanidine groups is 1. The molecule has 4 N–H and O–H groups in total. The third kappa shape index (κ3) is 3.65. The number of rotatable bonds is 3. The van der Waals surface area contributed by atoms with Crippen LogP contribution in [0.4, 0.5) is 0 Å². The topological polar surface area (TPSA) is 147 Å². The van der Waals surface area contributed by atoms with Crippen LogP contribution in [0.3, 0.4) is 0 Å². The van der Waals surface area contributed by atoms with Crippen molar-refractivity contribution in [2.24, 2.45) is 16.5 Å². The summed E-state index contributed by atoms with van der Waals surface area (Å²) in [5.74, 6) is -1.26. The van der Waals surface area contributed by atoms with Crippen molar-refractivity contribution in [3.8, 4) is 5.75 Å². The van der Waals surface area contributed by atoms with Gasteiger partial charge >= 0.3 is 10.1 Å². The molecule has 1 aromatic heterocycles. The van der Waals surface area contributed by atoms with E-state index in [9.17, 15) is 18.0 Å². The second-order valence-corrected chi connectivity index (χ2v) is 8.09. The number of ketones is 1. The van der Waals surface area contributed by atoms with E-state index in [4.69, 9.17) is 15.7 Å². The summed E-state index contributed by atoms with van der Waals surface area (Å²) in [4.78, 5) is 28.8. The number of hydrogen-bond acceptors (Lipinski definition) is 5. The fraction of sp³-hybridized carbons (Fsp3) is 0.353. The van der Waals surface area contributed by atoms with Gasteiger partial charge in [-0.05, 0) is 37.5 Å². The van der Waals surface area contributed by atoms with Gasteiger partial charge in [0.05, 0.1) is 17.3 Å². The van der Waals surface area contributed by atoms with Crippen LogP contribution < -0.4 is 15.7 Å². The van der Waals surface area contributed by atoms with E-state index in [0.717, 1.165) is 6.26 Å². The summed E-state index contributed by atoms with van der Waals surface area (Å²) in [6.07, 6.45) is 2.45. The first kappa shape index (κ1) is 18.9. The van der Waals surface area contributed by atoms with Crippen molar-refractivity contribution in [3.63, 3.8) is 0 Å². The second-order valence-electron chi connectivity index (χ2n) is 6.52. The molecule has 2 heterocycles. The summed E-state index contributed by atoms with van der Waals surface area (Å²) in [6.45, 7) is 2.21. The number of carbonyl (C=O) groups is 2. The molecule has 3 rings (SSSR count). The largest absolute Gasteiger partial charge is 0.382 e. The lowest BCUT2D eigenvalue weighted by molar-refractivity contribution is 0.0968. The number of aromatic nitrogens is 1. The van der Waals surface area contributed by atoms with Crippen LogP contribution >= 0.6 is 0 Å². The smallest absolute Gasteiger partial charge is 0.306 e. The zero-order chi connectivity index (χ0) is 19.9. The van der Waals surface area contributed by atoms with Crippen molar-refractivity contribution in [1.82, 2.24) is 4.57 Å². The molecule has 0 unspecified atom stereocenters. The van der Waals surface area contributed by atoms with E-state index in [-0.39, 0.29) is 35.2 Å². The van der Waals surface area contributed by atoms with Crippen LogP contribution in [0.25, 0.3) is 10.9 Å². The summed E-state index contributed by atoms with van der Waals surface area (Å²) < 4.78 is 30.1. The van der Waals surface area contributed by atoms with Crippen LogP contribution in [0.15, 0.2) is 17.1 Å². The van der Waals surface area contributed by atoms with Gasteiger partial charge in [-0.3, -0.25) is 9.59 Å². The van der Waals surface area contributed by atoms with Gasteiger partial charge in [-0.25, -0.2) is 0 Å². The molecule has 0 spiro atoms. The molecule has 0 saturated heterocycles. The van der Waals surface area contributed by atoms with Gasteiger partial charge in [0.2, 0.25) is 0 Å². The molecule has 144 valence electrons. The number of aryl methyl sites for hydroxylation is 2. The van der Waals surface area contributed by atoms with Crippen molar-refractivity contribution in [2.45, 2.75) is 32.7 Å². The van der Waals surface area contributed by atoms with Crippen molar-refractivity contribution < 1.29 is 22.2 Å². The van der Waals surface area contributed by atoms with Gasteiger partial charge in [-0.2, -0.15) is 13.4 Å². The lowest BCUT2D eigenvalue weighted by Crippen LogP contribution is -2.25. The minimum absolute atomic E-state index is 0.0328. The third-order valence-corrected chi connectivity index (χ3v) is 4.84. The van der Waals surface area contributed by atoms with E-state index in [1.165, 1.54) is 6.07 Å². The maximum absolute atomic E-state index is 12.8. The molecule has 1 aliphatic rings. The zero-order valence-electron chi connectivity index (χ0n) is 15.0. The van der Waals surface area contributed by atoms with Gasteiger partial charge in [-0.15, -0.1) is 0 Å². The van der Waals surface area contributed by atoms with E-state index in [1.54, 1.807) is 17.6 Å².